The van der Waals surface area contributed by atoms with Crippen LogP contribution in [0.5, 0.6) is 0 Å². The van der Waals surface area contributed by atoms with Crippen LogP contribution in [0.2, 0.25) is 0 Å². The van der Waals surface area contributed by atoms with Gasteiger partial charge in [0.2, 0.25) is 5.95 Å². The fraction of sp³-hybridized carbons (Fsp3) is 0.400. The molecule has 0 saturated heterocycles. The Morgan fingerprint density at radius 1 is 1.29 bits per heavy atom. The van der Waals surface area contributed by atoms with Crippen molar-refractivity contribution in [3.8, 4) is 0 Å². The first-order valence-electron chi connectivity index (χ1n) is 5.29. The second kappa shape index (κ2) is 4.46. The number of aromatic nitrogens is 4. The number of anilines is 2. The molecule has 2 heterocycles. The van der Waals surface area contributed by atoms with E-state index in [0.29, 0.717) is 24.0 Å². The largest absolute Gasteiger partial charge is 0.393 e. The van der Waals surface area contributed by atoms with Crippen LogP contribution >= 0.6 is 0 Å². The van der Waals surface area contributed by atoms with E-state index in [9.17, 15) is 5.11 Å². The molecule has 0 amide bonds. The van der Waals surface area contributed by atoms with Gasteiger partial charge in [0.05, 0.1) is 18.0 Å². The van der Waals surface area contributed by atoms with E-state index in [-0.39, 0.29) is 17.9 Å². The van der Waals surface area contributed by atoms with E-state index in [1.807, 2.05) is 0 Å². The summed E-state index contributed by atoms with van der Waals surface area (Å²) >= 11 is 0. The van der Waals surface area contributed by atoms with E-state index < -0.39 is 0 Å². The predicted molar refractivity (Wildman–Crippen MR) is 64.0 cm³/mol. The lowest BCUT2D eigenvalue weighted by atomic mass is 10.2. The summed E-state index contributed by atoms with van der Waals surface area (Å²) in [5.74, 6) is 0.305. The molecule has 1 atom stereocenters. The highest BCUT2D eigenvalue weighted by Crippen LogP contribution is 2.15. The predicted octanol–water partition coefficient (Wildman–Crippen LogP) is -0.102. The molecular weight excluding hydrogens is 220 g/mol. The smallest absolute Gasteiger partial charge is 0.224 e. The summed E-state index contributed by atoms with van der Waals surface area (Å²) in [6.07, 6.45) is 2.49. The fourth-order valence-electron chi connectivity index (χ4n) is 1.46. The Morgan fingerprint density at radius 3 is 2.76 bits per heavy atom. The average Bonchev–Trinajstić information content (AvgIpc) is 2.26. The summed E-state index contributed by atoms with van der Waals surface area (Å²) in [4.78, 5) is 16.2. The van der Waals surface area contributed by atoms with Gasteiger partial charge in [-0.15, -0.1) is 0 Å². The zero-order valence-corrected chi connectivity index (χ0v) is 9.46. The van der Waals surface area contributed by atoms with Crippen LogP contribution < -0.4 is 11.5 Å². The first kappa shape index (κ1) is 11.5. The van der Waals surface area contributed by atoms with E-state index in [1.54, 1.807) is 13.1 Å². The first-order chi connectivity index (χ1) is 8.06. The van der Waals surface area contributed by atoms with Crippen LogP contribution in [0.3, 0.4) is 0 Å². The lowest BCUT2D eigenvalue weighted by Crippen LogP contribution is -2.06. The monoisotopic (exact) mass is 234 g/mol. The first-order valence-corrected chi connectivity index (χ1v) is 5.29. The molecule has 7 nitrogen and oxygen atoms in total. The van der Waals surface area contributed by atoms with Gasteiger partial charge in [-0.3, -0.25) is 0 Å². The summed E-state index contributed by atoms with van der Waals surface area (Å²) in [5.41, 5.74) is 12.7. The van der Waals surface area contributed by atoms with E-state index >= 15 is 0 Å². The molecule has 1 unspecified atom stereocenters. The SMILES string of the molecule is CC(O)CCc1cnc2nc(N)nc(N)c2n1. The standard InChI is InChI=1S/C10H14N6O/c1-5(17)2-3-6-4-13-9-7(14-6)8(11)15-10(12)16-9/h4-5,17H,2-3H2,1H3,(H4,11,12,13,15,16). The Balaban J connectivity index is 2.36. The van der Waals surface area contributed by atoms with Gasteiger partial charge in [-0.1, -0.05) is 0 Å². The molecule has 0 spiro atoms. The zero-order chi connectivity index (χ0) is 12.4. The van der Waals surface area contributed by atoms with Crippen molar-refractivity contribution in [2.75, 3.05) is 11.5 Å². The second-order valence-electron chi connectivity index (χ2n) is 3.89. The quantitative estimate of drug-likeness (QED) is 0.677. The van der Waals surface area contributed by atoms with Crippen molar-refractivity contribution in [1.82, 2.24) is 19.9 Å². The second-order valence-corrected chi connectivity index (χ2v) is 3.89. The molecule has 2 aromatic heterocycles. The number of aliphatic hydroxyl groups is 1. The van der Waals surface area contributed by atoms with Crippen molar-refractivity contribution < 1.29 is 5.11 Å². The third-order valence-corrected chi connectivity index (χ3v) is 2.32. The molecule has 0 saturated carbocycles. The van der Waals surface area contributed by atoms with Crippen molar-refractivity contribution in [2.24, 2.45) is 0 Å². The van der Waals surface area contributed by atoms with Crippen LogP contribution in [-0.4, -0.2) is 31.1 Å². The number of hydrogen-bond donors (Lipinski definition) is 3. The van der Waals surface area contributed by atoms with Gasteiger partial charge in [0.1, 0.15) is 0 Å². The molecule has 0 aromatic carbocycles. The highest BCUT2D eigenvalue weighted by molar-refractivity contribution is 5.81. The highest BCUT2D eigenvalue weighted by atomic mass is 16.3. The molecule has 0 aliphatic heterocycles. The van der Waals surface area contributed by atoms with Gasteiger partial charge in [0, 0.05) is 0 Å². The molecule has 0 bridgehead atoms. The molecule has 0 aliphatic rings. The van der Waals surface area contributed by atoms with Crippen LogP contribution in [0, 0.1) is 0 Å². The number of nitrogens with zero attached hydrogens (tertiary/aromatic N) is 4. The normalized spacial score (nSPS) is 12.8. The number of nitrogens with two attached hydrogens (primary N) is 2. The number of aliphatic hydroxyl groups excluding tert-OH is 1. The van der Waals surface area contributed by atoms with Crippen LogP contribution in [0.25, 0.3) is 11.2 Å². The molecule has 0 radical (unpaired) electrons. The minimum Gasteiger partial charge on any atom is -0.393 e. The number of aryl methyl sites for hydroxylation is 1. The summed E-state index contributed by atoms with van der Waals surface area (Å²) in [7, 11) is 0. The summed E-state index contributed by atoms with van der Waals surface area (Å²) < 4.78 is 0. The van der Waals surface area contributed by atoms with Crippen LogP contribution in [-0.2, 0) is 6.42 Å². The van der Waals surface area contributed by atoms with E-state index in [0.717, 1.165) is 5.69 Å². The van der Waals surface area contributed by atoms with Gasteiger partial charge in [-0.25, -0.2) is 9.97 Å². The lowest BCUT2D eigenvalue weighted by Gasteiger charge is -2.05. The molecule has 7 heteroatoms. The highest BCUT2D eigenvalue weighted by Gasteiger charge is 2.08. The van der Waals surface area contributed by atoms with Crippen LogP contribution in [0.1, 0.15) is 19.0 Å². The van der Waals surface area contributed by atoms with Crippen LogP contribution in [0.4, 0.5) is 11.8 Å². The number of hydrogen-bond acceptors (Lipinski definition) is 7. The molecule has 5 N–H and O–H groups in total. The molecule has 2 rings (SSSR count). The number of fused-ring (bicyclic) bond motifs is 1. The molecular formula is C10H14N6O. The van der Waals surface area contributed by atoms with Crippen molar-refractivity contribution >= 4 is 22.9 Å². The van der Waals surface area contributed by atoms with Crippen molar-refractivity contribution in [2.45, 2.75) is 25.9 Å². The van der Waals surface area contributed by atoms with Crippen molar-refractivity contribution in [3.05, 3.63) is 11.9 Å². The Labute approximate surface area is 97.9 Å². The molecule has 0 fully saturated rings. The minimum atomic E-state index is -0.368. The number of rotatable bonds is 3. The van der Waals surface area contributed by atoms with Crippen LogP contribution in [0.15, 0.2) is 6.20 Å². The van der Waals surface area contributed by atoms with Gasteiger partial charge in [-0.2, -0.15) is 9.97 Å². The lowest BCUT2D eigenvalue weighted by molar-refractivity contribution is 0.184. The molecule has 17 heavy (non-hydrogen) atoms. The zero-order valence-electron chi connectivity index (χ0n) is 9.46. The Kier molecular flexibility index (Phi) is 3.01. The van der Waals surface area contributed by atoms with Crippen molar-refractivity contribution in [3.63, 3.8) is 0 Å². The van der Waals surface area contributed by atoms with Gasteiger partial charge < -0.3 is 16.6 Å². The summed E-state index contributed by atoms with van der Waals surface area (Å²) in [6, 6.07) is 0. The van der Waals surface area contributed by atoms with E-state index in [4.69, 9.17) is 11.5 Å². The Hall–Kier alpha value is -2.02. The third-order valence-electron chi connectivity index (χ3n) is 2.32. The van der Waals surface area contributed by atoms with Gasteiger partial charge in [0.25, 0.3) is 0 Å². The number of nitrogen functional groups attached to an aromatic ring is 2. The van der Waals surface area contributed by atoms with E-state index in [1.165, 1.54) is 0 Å². The Bertz CT molecular complexity index is 542. The van der Waals surface area contributed by atoms with Crippen molar-refractivity contribution in [1.29, 1.82) is 0 Å². The van der Waals surface area contributed by atoms with Gasteiger partial charge in [-0.05, 0) is 19.8 Å². The van der Waals surface area contributed by atoms with Gasteiger partial charge >= 0.3 is 0 Å². The van der Waals surface area contributed by atoms with E-state index in [2.05, 4.69) is 19.9 Å². The molecule has 2 aromatic rings. The summed E-state index contributed by atoms with van der Waals surface area (Å²) in [6.45, 7) is 1.73. The minimum absolute atomic E-state index is 0.0843. The molecule has 0 aliphatic carbocycles. The molecule has 90 valence electrons. The average molecular weight is 234 g/mol. The maximum atomic E-state index is 9.20. The summed E-state index contributed by atoms with van der Waals surface area (Å²) in [5, 5.41) is 9.20. The Morgan fingerprint density at radius 2 is 2.06 bits per heavy atom. The maximum absolute atomic E-state index is 9.20. The fourth-order valence-corrected chi connectivity index (χ4v) is 1.46. The maximum Gasteiger partial charge on any atom is 0.224 e. The van der Waals surface area contributed by atoms with Gasteiger partial charge in [0.15, 0.2) is 17.0 Å². The third kappa shape index (κ3) is 2.56. The topological polar surface area (TPSA) is 124 Å².